The third-order valence-corrected chi connectivity index (χ3v) is 22.8. The molecule has 1 saturated carbocycles. The summed E-state index contributed by atoms with van der Waals surface area (Å²) in [7, 11) is 1.47. The maximum absolute atomic E-state index is 14.7. The summed E-state index contributed by atoms with van der Waals surface area (Å²) < 4.78 is 46.5. The largest absolute Gasteiger partial charge is 0.507 e. The van der Waals surface area contributed by atoms with Gasteiger partial charge in [-0.2, -0.15) is 0 Å². The van der Waals surface area contributed by atoms with Crippen molar-refractivity contribution in [3.05, 3.63) is 58.0 Å². The molecule has 1 spiro atoms. The zero-order valence-corrected chi connectivity index (χ0v) is 68.1. The van der Waals surface area contributed by atoms with E-state index in [1.165, 1.54) is 27.2 Å². The number of piperidine rings is 1. The number of phenols is 2. The van der Waals surface area contributed by atoms with Crippen LogP contribution in [-0.4, -0.2) is 319 Å². The fourth-order valence-electron chi connectivity index (χ4n) is 15.5. The van der Waals surface area contributed by atoms with Gasteiger partial charge in [-0.25, -0.2) is 4.99 Å². The third-order valence-electron chi connectivity index (χ3n) is 22.8. The van der Waals surface area contributed by atoms with E-state index in [0.29, 0.717) is 24.4 Å². The second-order valence-electron chi connectivity index (χ2n) is 31.8. The van der Waals surface area contributed by atoms with Gasteiger partial charge in [-0.3, -0.25) is 24.2 Å². The minimum atomic E-state index is -1.95. The highest BCUT2D eigenvalue weighted by atomic mass is 16.7. The Morgan fingerprint density at radius 1 is 0.757 bits per heavy atom. The number of anilines is 1. The maximum Gasteiger partial charge on any atom is 0.312 e. The summed E-state index contributed by atoms with van der Waals surface area (Å²) in [5.74, 6) is -7.41. The third kappa shape index (κ3) is 22.5. The highest BCUT2D eigenvalue weighted by Gasteiger charge is 2.55. The van der Waals surface area contributed by atoms with Crippen molar-refractivity contribution in [1.29, 1.82) is 0 Å². The van der Waals surface area contributed by atoms with Crippen LogP contribution in [0.2, 0.25) is 0 Å². The molecule has 652 valence electrons. The molecule has 2 aromatic carbocycles. The molecule has 27 atom stereocenters. The van der Waals surface area contributed by atoms with Gasteiger partial charge < -0.3 is 158 Å². The minimum absolute atomic E-state index is 0.0101. The molecule has 2 amide bonds. The molecule has 1 aliphatic carbocycles. The molecule has 115 heavy (non-hydrogen) atoms. The van der Waals surface area contributed by atoms with Crippen molar-refractivity contribution in [3.8, 4) is 17.2 Å². The Balaban J connectivity index is 0.000000289. The number of Topliss-reactive ketones (excluding diaryl/α,β-unsaturated/α-hetero) is 1. The lowest BCUT2D eigenvalue weighted by atomic mass is 9.78. The average Bonchev–Trinajstić information content (AvgIpc) is 1.52. The molecular formula is C78H129N11O26. The van der Waals surface area contributed by atoms with Crippen LogP contribution in [0.4, 0.5) is 5.69 Å². The van der Waals surface area contributed by atoms with Crippen LogP contribution in [0, 0.1) is 36.5 Å². The maximum atomic E-state index is 14.7. The number of fused-ring (bicyclic) bond motifs is 1. The van der Waals surface area contributed by atoms with Crippen LogP contribution in [0.5, 0.6) is 17.2 Å². The molecule has 9 rings (SSSR count). The van der Waals surface area contributed by atoms with Crippen LogP contribution < -0.4 is 59.7 Å². The van der Waals surface area contributed by atoms with E-state index in [2.05, 4.69) is 45.0 Å². The number of carbonyl (C=O) groups is 4. The highest BCUT2D eigenvalue weighted by molar-refractivity contribution is 6.21. The zero-order valence-electron chi connectivity index (χ0n) is 68.1. The Hall–Kier alpha value is -6.16. The van der Waals surface area contributed by atoms with Gasteiger partial charge >= 0.3 is 11.8 Å². The number of rotatable bonds is 23. The van der Waals surface area contributed by atoms with Crippen LogP contribution in [0.25, 0.3) is 10.8 Å². The van der Waals surface area contributed by atoms with E-state index in [1.54, 1.807) is 65.8 Å². The van der Waals surface area contributed by atoms with Gasteiger partial charge in [0.05, 0.1) is 73.1 Å². The number of nitrogens with one attached hydrogen (secondary N) is 4. The van der Waals surface area contributed by atoms with Crippen molar-refractivity contribution in [2.45, 2.75) is 267 Å². The first-order valence-electron chi connectivity index (χ1n) is 39.7. The van der Waals surface area contributed by atoms with Crippen molar-refractivity contribution in [3.63, 3.8) is 0 Å². The summed E-state index contributed by atoms with van der Waals surface area (Å²) in [5, 5.41) is 160. The van der Waals surface area contributed by atoms with E-state index in [-0.39, 0.29) is 101 Å². The predicted octanol–water partition coefficient (Wildman–Crippen LogP) is -3.97. The van der Waals surface area contributed by atoms with Crippen molar-refractivity contribution < 1.29 is 129 Å². The quantitative estimate of drug-likeness (QED) is 0.0287. The van der Waals surface area contributed by atoms with Crippen LogP contribution in [0.1, 0.15) is 131 Å². The second kappa shape index (κ2) is 42.7. The lowest BCUT2D eigenvalue weighted by Gasteiger charge is -2.49. The monoisotopic (exact) mass is 1640 g/mol. The topological polar surface area (TPSA) is 606 Å². The number of aliphatic hydroxyl groups is 12. The standard InChI is InChI=1S/C46H62N4O11.C22H43N5O13.C10H24N2O2/c1-22(2)21-50-18-16-46(17-19-50)48-34-31-32-39(54)28(8)42-33(31)43(56)45(10,61-42)59-20-15-30(58-11)25(5)41(60-29(9)51)27(7)38(53)26(6)37(52)23(3)13-12-14-24(4)44(57)47-36(40(32)55)35(34)49-46;23-2-1-8(29)20(36)27-7-3-6(25)18(39-22-16(34)15(33)13(31)9(4-24)37-22)17(35)19(7)40-21-14(32)11(26)12(30)10(5-28)38-21;1-3-9(7-13)11-5-6-12-10(4-2)8-14/h12-15,20,22-23,25-27,30,37-38,41,48,52-55H,16-19,21H2,1-11H3;6-19,21-22,28-35H,1-5,23-26H2,(H,27,36);9-14H,3-8H2,1-2H3/b13-12+,20-15+,24-14-,47-36?;;/t23-,25+,26+,27+,30-,37-,38+,41+,45-;6-,7+,8-,9+,10+,11-,12+,13+,14+,15-,16+,17-,18+,19-,21+,22+;/m00./s1. The van der Waals surface area contributed by atoms with E-state index in [4.69, 9.17) is 76.0 Å². The average molecular weight is 1640 g/mol. The van der Waals surface area contributed by atoms with Gasteiger partial charge in [-0.05, 0) is 58.1 Å². The number of likely N-dealkylation sites (tertiary alicyclic amines) is 1. The summed E-state index contributed by atoms with van der Waals surface area (Å²) in [6.07, 6.45) is -12.9. The molecule has 6 aliphatic heterocycles. The van der Waals surface area contributed by atoms with Gasteiger partial charge in [-0.15, -0.1) is 0 Å². The Kier molecular flexibility index (Phi) is 35.6. The molecule has 4 bridgehead atoms. The number of hydrogen-bond donors (Lipinski definition) is 22. The van der Waals surface area contributed by atoms with Crippen LogP contribution in [0.3, 0.4) is 0 Å². The lowest BCUT2D eigenvalue weighted by molar-refractivity contribution is -0.332. The van der Waals surface area contributed by atoms with Gasteiger partial charge in [0.2, 0.25) is 5.91 Å². The van der Waals surface area contributed by atoms with E-state index >= 15 is 0 Å². The molecule has 0 aromatic heterocycles. The van der Waals surface area contributed by atoms with Crippen molar-refractivity contribution in [2.24, 2.45) is 62.5 Å². The molecule has 37 heteroatoms. The molecular weight excluding hydrogens is 1510 g/mol. The summed E-state index contributed by atoms with van der Waals surface area (Å²) in [6.45, 7) is 24.8. The number of amides is 2. The molecule has 7 aliphatic rings. The predicted molar refractivity (Wildman–Crippen MR) is 417 cm³/mol. The second-order valence-corrected chi connectivity index (χ2v) is 31.8. The number of carbonyl (C=O) groups excluding carboxylic acids is 4. The first-order valence-corrected chi connectivity index (χ1v) is 39.7. The van der Waals surface area contributed by atoms with Crippen LogP contribution >= 0.6 is 0 Å². The molecule has 3 saturated heterocycles. The number of nitrogens with two attached hydrogens (primary N) is 4. The number of nitrogens with zero attached hydrogens (tertiary/aromatic N) is 3. The number of methoxy groups -OCH3 is 1. The zero-order chi connectivity index (χ0) is 85.6. The molecule has 37 nitrogen and oxygen atoms in total. The SMILES string of the molecule is CCC(CO)NCCNC(CC)CO.CO[C@H]1/C=C/O[C@@]2(C)Oc3c(C)c(O)c4c(O)c(c5c(c4c3C2=O)NC2(CCN(CC(C)C)CC2)N=5)=NC(=O)/C(C)=C\C=C\[C@H](C)[C@H](O)[C@@H](C)[C@@H](O)[C@@H](C)[C@H](OC(C)=O)[C@@H]1C.NCC[C@H](O)C(=O)N[C@@H]1C[C@H](N)[C@@H](O[C@H]2O[C@H](CN)[C@@H](O)[C@H](O)[C@H]2O)[C@H](O)[C@H]1O[C@H]1O[C@H](CO)[C@@H](O)[C@H](N)[C@H]1O. The first-order chi connectivity index (χ1) is 54.3. The number of allylic oxidation sites excluding steroid dienone is 2. The van der Waals surface area contributed by atoms with Crippen molar-refractivity contribution >= 4 is 40.0 Å². The van der Waals surface area contributed by atoms with Crippen molar-refractivity contribution in [1.82, 2.24) is 20.9 Å². The van der Waals surface area contributed by atoms with Gasteiger partial charge in [0, 0.05) is 131 Å². The molecule has 4 fully saturated rings. The fourth-order valence-corrected chi connectivity index (χ4v) is 15.5. The number of esters is 1. The van der Waals surface area contributed by atoms with E-state index in [9.17, 15) is 80.5 Å². The number of ketones is 1. The molecule has 2 unspecified atom stereocenters. The number of benzene rings is 2. The minimum Gasteiger partial charge on any atom is -0.507 e. The van der Waals surface area contributed by atoms with Crippen LogP contribution in [-0.2, 0) is 47.5 Å². The number of phenolic OH excluding ortho intramolecular Hbond substituents is 2. The molecule has 26 N–H and O–H groups in total. The van der Waals surface area contributed by atoms with Gasteiger partial charge in [0.15, 0.2) is 18.3 Å². The van der Waals surface area contributed by atoms with E-state index < -0.39 is 193 Å². The summed E-state index contributed by atoms with van der Waals surface area (Å²) in [4.78, 5) is 65.5. The Labute approximate surface area is 670 Å². The summed E-state index contributed by atoms with van der Waals surface area (Å²) in [6, 6.07) is -3.05. The smallest absolute Gasteiger partial charge is 0.312 e. The fraction of sp³-hybridized carbons (Fsp3) is 0.744. The van der Waals surface area contributed by atoms with Gasteiger partial charge in [-0.1, -0.05) is 73.6 Å². The van der Waals surface area contributed by atoms with E-state index in [1.807, 2.05) is 13.8 Å². The van der Waals surface area contributed by atoms with Crippen molar-refractivity contribution in [2.75, 3.05) is 78.1 Å². The van der Waals surface area contributed by atoms with Gasteiger partial charge in [0.1, 0.15) is 101 Å². The summed E-state index contributed by atoms with van der Waals surface area (Å²) in [5.41, 5.74) is 23.0. The van der Waals surface area contributed by atoms with Gasteiger partial charge in [0.25, 0.3) is 11.7 Å². The Bertz CT molecular complexity index is 3760. The highest BCUT2D eigenvalue weighted by Crippen LogP contribution is 2.52. The number of hydrogen-bond acceptors (Lipinski definition) is 35. The lowest BCUT2D eigenvalue weighted by Crippen LogP contribution is -2.69. The molecule has 2 aromatic rings. The van der Waals surface area contributed by atoms with Crippen LogP contribution in [0.15, 0.2) is 46.1 Å². The molecule has 0 radical (unpaired) electrons. The normalized spacial score (nSPS) is 35.6. The molecule has 6 heterocycles. The number of aliphatic hydroxyl groups excluding tert-OH is 12. The summed E-state index contributed by atoms with van der Waals surface area (Å²) >= 11 is 0. The number of ether oxygens (including phenoxy) is 8. The van der Waals surface area contributed by atoms with E-state index in [0.717, 1.165) is 45.6 Å². The Morgan fingerprint density at radius 3 is 1.93 bits per heavy atom. The Morgan fingerprint density at radius 2 is 1.37 bits per heavy atom. The first kappa shape index (κ1) is 96.0. The number of aromatic hydroxyl groups is 2.